The Kier molecular flexibility index (Phi) is 4.73. The monoisotopic (exact) mass is 411 g/mol. The van der Waals surface area contributed by atoms with Crippen LogP contribution in [0.25, 0.3) is 11.5 Å². The molecule has 2 aromatic heterocycles. The van der Waals surface area contributed by atoms with Crippen molar-refractivity contribution in [2.45, 2.75) is 31.2 Å². The largest absolute Gasteiger partial charge is 0.491 e. The third-order valence-corrected chi connectivity index (χ3v) is 4.26. The van der Waals surface area contributed by atoms with E-state index in [1.165, 1.54) is 18.5 Å². The van der Waals surface area contributed by atoms with Crippen LogP contribution in [0.1, 0.15) is 18.4 Å². The summed E-state index contributed by atoms with van der Waals surface area (Å²) >= 11 is 0. The van der Waals surface area contributed by atoms with Crippen molar-refractivity contribution in [3.63, 3.8) is 0 Å². The van der Waals surface area contributed by atoms with Crippen LogP contribution in [-0.2, 0) is 6.18 Å². The molecule has 1 saturated carbocycles. The Bertz CT molecular complexity index is 1000. The van der Waals surface area contributed by atoms with E-state index in [4.69, 9.17) is 19.1 Å². The minimum atomic E-state index is -4.79. The van der Waals surface area contributed by atoms with Gasteiger partial charge in [0.2, 0.25) is 5.88 Å². The molecule has 0 spiro atoms. The first-order chi connectivity index (χ1) is 13.8. The van der Waals surface area contributed by atoms with Crippen LogP contribution in [0.4, 0.5) is 17.6 Å². The molecular weight excluding hydrogens is 398 g/mol. The van der Waals surface area contributed by atoms with E-state index in [0.717, 1.165) is 12.1 Å². The maximum atomic E-state index is 13.3. The van der Waals surface area contributed by atoms with Crippen LogP contribution >= 0.6 is 0 Å². The third-order valence-electron chi connectivity index (χ3n) is 4.26. The Labute approximate surface area is 160 Å². The Morgan fingerprint density at radius 2 is 1.79 bits per heavy atom. The van der Waals surface area contributed by atoms with Gasteiger partial charge in [-0.15, -0.1) is 0 Å². The molecule has 3 aromatic rings. The zero-order valence-corrected chi connectivity index (χ0v) is 14.6. The summed E-state index contributed by atoms with van der Waals surface area (Å²) in [5.74, 6) is -1.17. The van der Waals surface area contributed by atoms with Crippen molar-refractivity contribution in [3.05, 3.63) is 48.0 Å². The second kappa shape index (κ2) is 7.22. The van der Waals surface area contributed by atoms with Crippen molar-refractivity contribution in [3.8, 4) is 29.0 Å². The average Bonchev–Trinajstić information content (AvgIpc) is 3.07. The van der Waals surface area contributed by atoms with Crippen LogP contribution in [0.2, 0.25) is 0 Å². The molecule has 1 aliphatic rings. The van der Waals surface area contributed by atoms with E-state index in [1.54, 1.807) is 0 Å². The lowest BCUT2D eigenvalue weighted by atomic mass is 9.92. The molecule has 0 atom stereocenters. The fourth-order valence-electron chi connectivity index (χ4n) is 2.76. The molecule has 0 unspecified atom stereocenters. The van der Waals surface area contributed by atoms with Crippen molar-refractivity contribution in [2.75, 3.05) is 0 Å². The molecule has 1 aromatic carbocycles. The molecule has 29 heavy (non-hydrogen) atoms. The Balaban J connectivity index is 1.31. The van der Waals surface area contributed by atoms with Crippen molar-refractivity contribution in [1.29, 1.82) is 0 Å². The van der Waals surface area contributed by atoms with Gasteiger partial charge in [-0.25, -0.2) is 14.4 Å². The zero-order chi connectivity index (χ0) is 20.6. The number of hydrogen-bond acceptors (Lipinski definition) is 7. The predicted octanol–water partition coefficient (Wildman–Crippen LogP) is 3.98. The number of aromatic hydroxyl groups is 1. The number of alkyl halides is 3. The van der Waals surface area contributed by atoms with Crippen LogP contribution in [0.5, 0.6) is 17.5 Å². The van der Waals surface area contributed by atoms with Crippen LogP contribution in [0.15, 0.2) is 41.2 Å². The first kappa shape index (κ1) is 19.0. The topological polar surface area (TPSA) is 90.5 Å². The van der Waals surface area contributed by atoms with Gasteiger partial charge < -0.3 is 19.1 Å². The number of nitrogens with zero attached hydrogens (tertiary/aromatic N) is 3. The third kappa shape index (κ3) is 4.23. The molecule has 0 saturated heterocycles. The van der Waals surface area contributed by atoms with Gasteiger partial charge in [0.15, 0.2) is 5.76 Å². The van der Waals surface area contributed by atoms with Crippen molar-refractivity contribution in [1.82, 2.24) is 15.1 Å². The first-order valence-corrected chi connectivity index (χ1v) is 8.46. The number of halogens is 4. The standard InChI is InChI=1S/C18H13F4N3O4/c19-13-2-1-9(5-12(13)18(20,21)22)27-10-3-11(4-10)28-17-8-23-14(7-24-17)15-6-16(26)25-29-15/h1-2,5-8,10-11H,3-4H2,(H,25,26)/t10-,11+. The quantitative estimate of drug-likeness (QED) is 0.635. The summed E-state index contributed by atoms with van der Waals surface area (Å²) in [5.41, 5.74) is -1.01. The van der Waals surface area contributed by atoms with E-state index in [0.29, 0.717) is 24.6 Å². The van der Waals surface area contributed by atoms with E-state index in [9.17, 15) is 17.6 Å². The van der Waals surface area contributed by atoms with Gasteiger partial charge >= 0.3 is 6.18 Å². The predicted molar refractivity (Wildman–Crippen MR) is 88.7 cm³/mol. The molecule has 2 heterocycles. The second-order valence-corrected chi connectivity index (χ2v) is 6.38. The first-order valence-electron chi connectivity index (χ1n) is 8.46. The van der Waals surface area contributed by atoms with Gasteiger partial charge in [0.25, 0.3) is 5.88 Å². The number of rotatable bonds is 5. The number of hydrogen-bond donors (Lipinski definition) is 1. The highest BCUT2D eigenvalue weighted by Crippen LogP contribution is 2.35. The zero-order valence-electron chi connectivity index (χ0n) is 14.6. The van der Waals surface area contributed by atoms with E-state index in [2.05, 4.69) is 15.1 Å². The second-order valence-electron chi connectivity index (χ2n) is 6.38. The highest BCUT2D eigenvalue weighted by atomic mass is 19.4. The van der Waals surface area contributed by atoms with Crippen molar-refractivity contribution in [2.24, 2.45) is 0 Å². The van der Waals surface area contributed by atoms with Crippen molar-refractivity contribution < 1.29 is 36.7 Å². The number of ether oxygens (including phenoxy) is 2. The average molecular weight is 411 g/mol. The molecule has 4 rings (SSSR count). The van der Waals surface area contributed by atoms with Gasteiger partial charge in [-0.1, -0.05) is 0 Å². The Morgan fingerprint density at radius 3 is 2.41 bits per heavy atom. The minimum Gasteiger partial charge on any atom is -0.491 e. The maximum absolute atomic E-state index is 13.3. The summed E-state index contributed by atoms with van der Waals surface area (Å²) in [6.45, 7) is 0. The van der Waals surface area contributed by atoms with Gasteiger partial charge in [0.05, 0.1) is 24.0 Å². The molecule has 7 nitrogen and oxygen atoms in total. The van der Waals surface area contributed by atoms with Crippen LogP contribution in [-0.4, -0.2) is 32.4 Å². The molecule has 1 N–H and O–H groups in total. The molecule has 1 fully saturated rings. The molecular formula is C18H13F4N3O4. The van der Waals surface area contributed by atoms with Gasteiger partial charge in [-0.2, -0.15) is 13.2 Å². The fourth-order valence-corrected chi connectivity index (χ4v) is 2.76. The highest BCUT2D eigenvalue weighted by Gasteiger charge is 2.36. The normalized spacial score (nSPS) is 18.9. The summed E-state index contributed by atoms with van der Waals surface area (Å²) in [6.07, 6.45) is -1.76. The van der Waals surface area contributed by atoms with E-state index in [1.807, 2.05) is 0 Å². The Morgan fingerprint density at radius 1 is 1.03 bits per heavy atom. The van der Waals surface area contributed by atoms with Gasteiger partial charge in [-0.05, 0) is 23.4 Å². The molecule has 0 bridgehead atoms. The van der Waals surface area contributed by atoms with Gasteiger partial charge in [0, 0.05) is 12.8 Å². The highest BCUT2D eigenvalue weighted by molar-refractivity contribution is 5.51. The van der Waals surface area contributed by atoms with Crippen LogP contribution in [0, 0.1) is 5.82 Å². The van der Waals surface area contributed by atoms with E-state index < -0.39 is 17.6 Å². The lowest BCUT2D eigenvalue weighted by Gasteiger charge is -2.35. The van der Waals surface area contributed by atoms with Crippen LogP contribution < -0.4 is 9.47 Å². The molecule has 0 radical (unpaired) electrons. The molecule has 11 heteroatoms. The number of aromatic nitrogens is 3. The van der Waals surface area contributed by atoms with Gasteiger partial charge in [-0.3, -0.25) is 0 Å². The molecule has 152 valence electrons. The Hall–Kier alpha value is -3.37. The summed E-state index contributed by atoms with van der Waals surface area (Å²) in [5, 5.41) is 12.5. The lowest BCUT2D eigenvalue weighted by molar-refractivity contribution is -0.140. The van der Waals surface area contributed by atoms with Crippen LogP contribution in [0.3, 0.4) is 0 Å². The fraction of sp³-hybridized carbons (Fsp3) is 0.278. The summed E-state index contributed by atoms with van der Waals surface area (Å²) in [4.78, 5) is 8.18. The summed E-state index contributed by atoms with van der Waals surface area (Å²) in [6, 6.07) is 3.83. The minimum absolute atomic E-state index is 0.0540. The number of benzene rings is 1. The van der Waals surface area contributed by atoms with E-state index in [-0.39, 0.29) is 35.5 Å². The smallest absolute Gasteiger partial charge is 0.419 e. The summed E-state index contributed by atoms with van der Waals surface area (Å²) in [7, 11) is 0. The molecule has 1 aliphatic carbocycles. The summed E-state index contributed by atoms with van der Waals surface area (Å²) < 4.78 is 67.5. The molecule has 0 aliphatic heterocycles. The SMILES string of the molecule is Oc1cc(-c2cnc(O[C@H]3C[C@@H](Oc4ccc(F)c(C(F)(F)F)c4)C3)cn2)on1. The van der Waals surface area contributed by atoms with E-state index >= 15 is 0 Å². The lowest BCUT2D eigenvalue weighted by Crippen LogP contribution is -2.41. The van der Waals surface area contributed by atoms with Crippen molar-refractivity contribution >= 4 is 0 Å². The van der Waals surface area contributed by atoms with Gasteiger partial charge in [0.1, 0.15) is 29.5 Å². The maximum Gasteiger partial charge on any atom is 0.419 e. The molecule has 0 amide bonds.